The van der Waals surface area contributed by atoms with Gasteiger partial charge in [-0.05, 0) is 49.2 Å². The van der Waals surface area contributed by atoms with E-state index in [4.69, 9.17) is 4.74 Å². The first kappa shape index (κ1) is 22.8. The maximum atomic E-state index is 10.4. The predicted molar refractivity (Wildman–Crippen MR) is 123 cm³/mol. The Hall–Kier alpha value is -1.92. The minimum absolute atomic E-state index is 0.335. The molecule has 0 saturated carbocycles. The molecule has 0 radical (unpaired) electrons. The van der Waals surface area contributed by atoms with E-state index in [9.17, 15) is 5.11 Å². The highest BCUT2D eigenvalue weighted by molar-refractivity contribution is 5.28. The van der Waals surface area contributed by atoms with Gasteiger partial charge in [0, 0.05) is 39.3 Å². The van der Waals surface area contributed by atoms with E-state index in [-0.39, 0.29) is 0 Å². The average molecular weight is 412 g/mol. The number of aryl methyl sites for hydroxylation is 1. The molecule has 2 aromatic carbocycles. The van der Waals surface area contributed by atoms with Crippen LogP contribution in [0, 0.1) is 0 Å². The zero-order valence-electron chi connectivity index (χ0n) is 18.3. The van der Waals surface area contributed by atoms with Gasteiger partial charge in [0.2, 0.25) is 0 Å². The molecule has 0 amide bonds. The van der Waals surface area contributed by atoms with E-state index in [2.05, 4.69) is 64.5 Å². The fourth-order valence-corrected chi connectivity index (χ4v) is 3.87. The topological polar surface area (TPSA) is 48.0 Å². The monoisotopic (exact) mass is 411 g/mol. The van der Waals surface area contributed by atoms with Gasteiger partial charge in [-0.15, -0.1) is 0 Å². The van der Waals surface area contributed by atoms with Crippen molar-refractivity contribution < 1.29 is 9.84 Å². The van der Waals surface area contributed by atoms with E-state index in [1.54, 1.807) is 0 Å². The summed E-state index contributed by atoms with van der Waals surface area (Å²) in [6.07, 6.45) is 1.76. The molecule has 1 saturated heterocycles. The number of rotatable bonds is 12. The molecule has 2 N–H and O–H groups in total. The van der Waals surface area contributed by atoms with Crippen LogP contribution >= 0.6 is 0 Å². The third kappa shape index (κ3) is 8.07. The van der Waals surface area contributed by atoms with Crippen LogP contribution in [-0.4, -0.2) is 73.4 Å². The van der Waals surface area contributed by atoms with Crippen molar-refractivity contribution in [1.82, 2.24) is 15.1 Å². The van der Waals surface area contributed by atoms with Crippen LogP contribution in [0.3, 0.4) is 0 Å². The molecule has 164 valence electrons. The molecule has 0 aromatic heterocycles. The van der Waals surface area contributed by atoms with Gasteiger partial charge >= 0.3 is 0 Å². The number of likely N-dealkylation sites (N-methyl/N-ethyl adjacent to an activating group) is 1. The molecule has 0 aliphatic carbocycles. The van der Waals surface area contributed by atoms with Crippen LogP contribution in [0.15, 0.2) is 54.6 Å². The summed E-state index contributed by atoms with van der Waals surface area (Å²) in [5.74, 6) is 0.827. The first-order valence-electron chi connectivity index (χ1n) is 11.3. The molecular formula is C25H37N3O2. The maximum absolute atomic E-state index is 10.4. The quantitative estimate of drug-likeness (QED) is 0.526. The van der Waals surface area contributed by atoms with Crippen molar-refractivity contribution in [2.45, 2.75) is 32.4 Å². The molecule has 5 heteroatoms. The number of β-amino-alcohol motifs (C(OH)–C–C–N with tert-alkyl or cyclic N) is 1. The SMILES string of the molecule is CCN1CCN(CC(O)COc2cccc(CNCCCc3ccccc3)c2)CC1. The maximum Gasteiger partial charge on any atom is 0.119 e. The van der Waals surface area contributed by atoms with Crippen LogP contribution in [0.25, 0.3) is 0 Å². The Morgan fingerprint density at radius 2 is 1.70 bits per heavy atom. The van der Waals surface area contributed by atoms with Crippen LogP contribution in [-0.2, 0) is 13.0 Å². The molecule has 0 bridgehead atoms. The number of hydrogen-bond donors (Lipinski definition) is 2. The fraction of sp³-hybridized carbons (Fsp3) is 0.520. The summed E-state index contributed by atoms with van der Waals surface area (Å²) < 4.78 is 5.86. The Labute approximate surface area is 181 Å². The molecule has 1 heterocycles. The van der Waals surface area contributed by atoms with Crippen molar-refractivity contribution in [3.63, 3.8) is 0 Å². The molecule has 1 atom stereocenters. The average Bonchev–Trinajstić information content (AvgIpc) is 2.79. The Morgan fingerprint density at radius 1 is 0.967 bits per heavy atom. The summed E-state index contributed by atoms with van der Waals surface area (Å²) in [6.45, 7) is 10.4. The summed E-state index contributed by atoms with van der Waals surface area (Å²) in [5, 5.41) is 13.9. The molecule has 1 fully saturated rings. The second-order valence-corrected chi connectivity index (χ2v) is 8.11. The van der Waals surface area contributed by atoms with E-state index < -0.39 is 6.10 Å². The highest BCUT2D eigenvalue weighted by Gasteiger charge is 2.18. The third-order valence-electron chi connectivity index (χ3n) is 5.71. The number of aliphatic hydroxyl groups is 1. The number of nitrogens with one attached hydrogen (secondary N) is 1. The summed E-state index contributed by atoms with van der Waals surface area (Å²) in [6, 6.07) is 18.8. The minimum Gasteiger partial charge on any atom is -0.491 e. The molecular weight excluding hydrogens is 374 g/mol. The van der Waals surface area contributed by atoms with Gasteiger partial charge in [0.25, 0.3) is 0 Å². The fourth-order valence-electron chi connectivity index (χ4n) is 3.87. The molecule has 0 spiro atoms. The number of nitrogens with zero attached hydrogens (tertiary/aromatic N) is 2. The van der Waals surface area contributed by atoms with Crippen LogP contribution in [0.5, 0.6) is 5.75 Å². The van der Waals surface area contributed by atoms with E-state index >= 15 is 0 Å². The Bertz CT molecular complexity index is 717. The molecule has 3 rings (SSSR count). The lowest BCUT2D eigenvalue weighted by molar-refractivity contribution is 0.0471. The van der Waals surface area contributed by atoms with Crippen molar-refractivity contribution in [2.75, 3.05) is 52.4 Å². The number of benzene rings is 2. The first-order valence-corrected chi connectivity index (χ1v) is 11.3. The Kier molecular flexibility index (Phi) is 9.64. The number of ether oxygens (including phenoxy) is 1. The first-order chi connectivity index (χ1) is 14.7. The smallest absolute Gasteiger partial charge is 0.119 e. The van der Waals surface area contributed by atoms with Gasteiger partial charge in [-0.3, -0.25) is 4.90 Å². The second-order valence-electron chi connectivity index (χ2n) is 8.11. The molecule has 2 aromatic rings. The van der Waals surface area contributed by atoms with Gasteiger partial charge in [0.15, 0.2) is 0 Å². The summed E-state index contributed by atoms with van der Waals surface area (Å²) in [5.41, 5.74) is 2.60. The zero-order chi connectivity index (χ0) is 21.0. The molecule has 1 aliphatic heterocycles. The normalized spacial score (nSPS) is 16.5. The molecule has 1 aliphatic rings. The van der Waals surface area contributed by atoms with Crippen LogP contribution < -0.4 is 10.1 Å². The lowest BCUT2D eigenvalue weighted by Crippen LogP contribution is -2.49. The highest BCUT2D eigenvalue weighted by Crippen LogP contribution is 2.14. The summed E-state index contributed by atoms with van der Waals surface area (Å²) >= 11 is 0. The van der Waals surface area contributed by atoms with Crippen LogP contribution in [0.1, 0.15) is 24.5 Å². The number of hydrogen-bond acceptors (Lipinski definition) is 5. The summed E-state index contributed by atoms with van der Waals surface area (Å²) in [4.78, 5) is 4.77. The second kappa shape index (κ2) is 12.7. The lowest BCUT2D eigenvalue weighted by Gasteiger charge is -2.34. The number of aliphatic hydroxyl groups excluding tert-OH is 1. The van der Waals surface area contributed by atoms with Gasteiger partial charge in [0.1, 0.15) is 18.5 Å². The van der Waals surface area contributed by atoms with Gasteiger partial charge in [0.05, 0.1) is 0 Å². The molecule has 30 heavy (non-hydrogen) atoms. The highest BCUT2D eigenvalue weighted by atomic mass is 16.5. The van der Waals surface area contributed by atoms with Crippen molar-refractivity contribution in [3.05, 3.63) is 65.7 Å². The lowest BCUT2D eigenvalue weighted by atomic mass is 10.1. The van der Waals surface area contributed by atoms with Crippen molar-refractivity contribution in [3.8, 4) is 5.75 Å². The van der Waals surface area contributed by atoms with Crippen LogP contribution in [0.4, 0.5) is 0 Å². The van der Waals surface area contributed by atoms with Gasteiger partial charge in [-0.2, -0.15) is 0 Å². The van der Waals surface area contributed by atoms with Gasteiger partial charge in [-0.25, -0.2) is 0 Å². The minimum atomic E-state index is -0.460. The largest absolute Gasteiger partial charge is 0.491 e. The summed E-state index contributed by atoms with van der Waals surface area (Å²) in [7, 11) is 0. The Morgan fingerprint density at radius 3 is 2.47 bits per heavy atom. The van der Waals surface area contributed by atoms with E-state index in [1.807, 2.05) is 12.1 Å². The van der Waals surface area contributed by atoms with Crippen molar-refractivity contribution in [2.24, 2.45) is 0 Å². The third-order valence-corrected chi connectivity index (χ3v) is 5.71. The number of piperazine rings is 1. The Balaban J connectivity index is 1.31. The van der Waals surface area contributed by atoms with Crippen molar-refractivity contribution in [1.29, 1.82) is 0 Å². The van der Waals surface area contributed by atoms with Gasteiger partial charge < -0.3 is 20.1 Å². The van der Waals surface area contributed by atoms with Crippen molar-refractivity contribution >= 4 is 0 Å². The molecule has 5 nitrogen and oxygen atoms in total. The van der Waals surface area contributed by atoms with E-state index in [0.717, 1.165) is 64.4 Å². The zero-order valence-corrected chi connectivity index (χ0v) is 18.3. The predicted octanol–water partition coefficient (Wildman–Crippen LogP) is 2.79. The van der Waals surface area contributed by atoms with Crippen LogP contribution in [0.2, 0.25) is 0 Å². The van der Waals surface area contributed by atoms with E-state index in [1.165, 1.54) is 11.1 Å². The molecule has 1 unspecified atom stereocenters. The van der Waals surface area contributed by atoms with E-state index in [0.29, 0.717) is 13.2 Å². The van der Waals surface area contributed by atoms with Gasteiger partial charge in [-0.1, -0.05) is 49.4 Å². The standard InChI is InChI=1S/C25H37N3O2/c1-2-27-14-16-28(17-15-27)20-24(29)21-30-25-12-6-10-23(18-25)19-26-13-7-11-22-8-4-3-5-9-22/h3-6,8-10,12,18,24,26,29H,2,7,11,13-17,19-21H2,1H3.